The van der Waals surface area contributed by atoms with Gasteiger partial charge in [-0.2, -0.15) is 0 Å². The first kappa shape index (κ1) is 12.8. The second kappa shape index (κ2) is 6.36. The Morgan fingerprint density at radius 2 is 1.39 bits per heavy atom. The van der Waals surface area contributed by atoms with Crippen molar-refractivity contribution in [3.05, 3.63) is 71.3 Å². The van der Waals surface area contributed by atoms with Gasteiger partial charge in [0.15, 0.2) is 0 Å². The van der Waals surface area contributed by atoms with E-state index in [4.69, 9.17) is 5.73 Å². The summed E-state index contributed by atoms with van der Waals surface area (Å²) in [5.74, 6) is 0.523. The number of nitrogens with two attached hydrogens (primary N) is 1. The van der Waals surface area contributed by atoms with Gasteiger partial charge in [0.05, 0.1) is 0 Å². The molecule has 0 saturated carbocycles. The lowest BCUT2D eigenvalue weighted by Gasteiger charge is -2.15. The molecule has 0 radical (unpaired) electrons. The molecule has 0 spiro atoms. The zero-order chi connectivity index (χ0) is 12.8. The summed E-state index contributed by atoms with van der Waals surface area (Å²) in [5.41, 5.74) is 9.97. The van der Waals surface area contributed by atoms with Crippen molar-refractivity contribution in [3.63, 3.8) is 0 Å². The first-order valence-corrected chi connectivity index (χ1v) is 6.57. The van der Waals surface area contributed by atoms with Crippen LogP contribution in [0.15, 0.2) is 54.6 Å². The smallest absolute Gasteiger partial charge is 0.00425 e. The van der Waals surface area contributed by atoms with Crippen LogP contribution in [0.25, 0.3) is 0 Å². The van der Waals surface area contributed by atoms with Crippen molar-refractivity contribution >= 4 is 0 Å². The van der Waals surface area contributed by atoms with Gasteiger partial charge < -0.3 is 5.73 Å². The molecule has 0 aliphatic carbocycles. The lowest BCUT2D eigenvalue weighted by molar-refractivity contribution is 0.533. The number of hydrogen-bond acceptors (Lipinski definition) is 1. The van der Waals surface area contributed by atoms with Crippen LogP contribution in [0, 0.1) is 12.8 Å². The van der Waals surface area contributed by atoms with Crippen LogP contribution in [0.4, 0.5) is 0 Å². The highest BCUT2D eigenvalue weighted by atomic mass is 14.5. The number of rotatable bonds is 5. The Labute approximate surface area is 110 Å². The Kier molecular flexibility index (Phi) is 4.54. The molecule has 2 N–H and O–H groups in total. The minimum atomic E-state index is 0.523. The molecule has 0 saturated heterocycles. The van der Waals surface area contributed by atoms with Gasteiger partial charge >= 0.3 is 0 Å². The highest BCUT2D eigenvalue weighted by Gasteiger charge is 2.08. The summed E-state index contributed by atoms with van der Waals surface area (Å²) in [4.78, 5) is 0. The number of hydrogen-bond donors (Lipinski definition) is 1. The minimum Gasteiger partial charge on any atom is -0.330 e. The van der Waals surface area contributed by atoms with Gasteiger partial charge in [-0.25, -0.2) is 0 Å². The standard InChI is InChI=1S/C17H21N/c1-14-7-9-16(10-8-14)12-17(13-18)11-15-5-3-2-4-6-15/h2-10,17H,11-13,18H2,1H3. The molecule has 0 heterocycles. The van der Waals surface area contributed by atoms with Crippen molar-refractivity contribution in [2.45, 2.75) is 19.8 Å². The normalized spacial score (nSPS) is 12.3. The van der Waals surface area contributed by atoms with Gasteiger partial charge in [-0.3, -0.25) is 0 Å². The summed E-state index contributed by atoms with van der Waals surface area (Å²) in [6, 6.07) is 19.4. The zero-order valence-electron chi connectivity index (χ0n) is 11.0. The SMILES string of the molecule is Cc1ccc(CC(CN)Cc2ccccc2)cc1. The van der Waals surface area contributed by atoms with Gasteiger partial charge in [-0.1, -0.05) is 60.2 Å². The third kappa shape index (κ3) is 3.71. The Bertz CT molecular complexity index is 459. The van der Waals surface area contributed by atoms with Gasteiger partial charge in [0.25, 0.3) is 0 Å². The largest absolute Gasteiger partial charge is 0.330 e. The van der Waals surface area contributed by atoms with Gasteiger partial charge in [0, 0.05) is 0 Å². The third-order valence-corrected chi connectivity index (χ3v) is 3.35. The van der Waals surface area contributed by atoms with E-state index < -0.39 is 0 Å². The van der Waals surface area contributed by atoms with Crippen LogP contribution < -0.4 is 5.73 Å². The lowest BCUT2D eigenvalue weighted by Crippen LogP contribution is -2.19. The average molecular weight is 239 g/mol. The van der Waals surface area contributed by atoms with E-state index in [9.17, 15) is 0 Å². The first-order valence-electron chi connectivity index (χ1n) is 6.57. The molecule has 2 aromatic carbocycles. The molecule has 1 unspecified atom stereocenters. The van der Waals surface area contributed by atoms with Crippen molar-refractivity contribution in [1.82, 2.24) is 0 Å². The van der Waals surface area contributed by atoms with Gasteiger partial charge in [0.2, 0.25) is 0 Å². The Hall–Kier alpha value is -1.60. The van der Waals surface area contributed by atoms with Crippen LogP contribution in [0.1, 0.15) is 16.7 Å². The molecular formula is C17H21N. The van der Waals surface area contributed by atoms with Gasteiger partial charge in [0.1, 0.15) is 0 Å². The highest BCUT2D eigenvalue weighted by molar-refractivity contribution is 5.22. The lowest BCUT2D eigenvalue weighted by atomic mass is 9.92. The summed E-state index contributed by atoms with van der Waals surface area (Å²) in [6.07, 6.45) is 2.12. The van der Waals surface area contributed by atoms with Crippen LogP contribution in [0.2, 0.25) is 0 Å². The van der Waals surface area contributed by atoms with Crippen molar-refractivity contribution in [2.24, 2.45) is 11.7 Å². The fourth-order valence-corrected chi connectivity index (χ4v) is 2.24. The summed E-state index contributed by atoms with van der Waals surface area (Å²) in [6.45, 7) is 2.86. The molecule has 18 heavy (non-hydrogen) atoms. The topological polar surface area (TPSA) is 26.0 Å². The minimum absolute atomic E-state index is 0.523. The molecule has 2 rings (SSSR count). The van der Waals surface area contributed by atoms with E-state index in [0.717, 1.165) is 19.4 Å². The molecule has 2 aromatic rings. The van der Waals surface area contributed by atoms with E-state index >= 15 is 0 Å². The van der Waals surface area contributed by atoms with E-state index in [-0.39, 0.29) is 0 Å². The van der Waals surface area contributed by atoms with Crippen LogP contribution in [0.5, 0.6) is 0 Å². The summed E-state index contributed by atoms with van der Waals surface area (Å²) >= 11 is 0. The second-order valence-corrected chi connectivity index (χ2v) is 4.98. The molecular weight excluding hydrogens is 218 g/mol. The molecule has 0 aliphatic rings. The maximum Gasteiger partial charge on any atom is -0.00425 e. The fraction of sp³-hybridized carbons (Fsp3) is 0.294. The van der Waals surface area contributed by atoms with Crippen LogP contribution >= 0.6 is 0 Å². The number of benzene rings is 2. The molecule has 1 heteroatoms. The molecule has 0 fully saturated rings. The zero-order valence-corrected chi connectivity index (χ0v) is 11.0. The highest BCUT2D eigenvalue weighted by Crippen LogP contribution is 2.14. The Morgan fingerprint density at radius 3 is 1.94 bits per heavy atom. The second-order valence-electron chi connectivity index (χ2n) is 4.98. The molecule has 1 atom stereocenters. The van der Waals surface area contributed by atoms with Gasteiger partial charge in [-0.05, 0) is 43.4 Å². The predicted molar refractivity (Wildman–Crippen MR) is 77.6 cm³/mol. The van der Waals surface area contributed by atoms with Crippen LogP contribution in [0.3, 0.4) is 0 Å². The maximum atomic E-state index is 5.90. The quantitative estimate of drug-likeness (QED) is 0.850. The molecule has 1 nitrogen and oxygen atoms in total. The summed E-state index contributed by atoms with van der Waals surface area (Å²) in [7, 11) is 0. The van der Waals surface area contributed by atoms with Crippen molar-refractivity contribution in [1.29, 1.82) is 0 Å². The van der Waals surface area contributed by atoms with E-state index in [1.807, 2.05) is 0 Å². The van der Waals surface area contributed by atoms with Crippen LogP contribution in [-0.2, 0) is 12.8 Å². The summed E-state index contributed by atoms with van der Waals surface area (Å²) in [5, 5.41) is 0. The molecule has 0 aromatic heterocycles. The van der Waals surface area contributed by atoms with Gasteiger partial charge in [-0.15, -0.1) is 0 Å². The molecule has 94 valence electrons. The molecule has 0 aliphatic heterocycles. The predicted octanol–water partition coefficient (Wildman–Crippen LogP) is 3.36. The van der Waals surface area contributed by atoms with E-state index in [2.05, 4.69) is 61.5 Å². The average Bonchev–Trinajstić information content (AvgIpc) is 2.41. The maximum absolute atomic E-state index is 5.90. The van der Waals surface area contributed by atoms with E-state index in [1.165, 1.54) is 16.7 Å². The van der Waals surface area contributed by atoms with E-state index in [1.54, 1.807) is 0 Å². The Balaban J connectivity index is 1.99. The van der Waals surface area contributed by atoms with Crippen molar-refractivity contribution in [3.8, 4) is 0 Å². The van der Waals surface area contributed by atoms with Crippen molar-refractivity contribution < 1.29 is 0 Å². The van der Waals surface area contributed by atoms with Crippen molar-refractivity contribution in [2.75, 3.05) is 6.54 Å². The molecule has 0 amide bonds. The summed E-state index contributed by atoms with van der Waals surface area (Å²) < 4.78 is 0. The monoisotopic (exact) mass is 239 g/mol. The first-order chi connectivity index (χ1) is 8.78. The van der Waals surface area contributed by atoms with Crippen LogP contribution in [-0.4, -0.2) is 6.54 Å². The Morgan fingerprint density at radius 1 is 0.833 bits per heavy atom. The third-order valence-electron chi connectivity index (χ3n) is 3.35. The molecule has 0 bridgehead atoms. The fourth-order valence-electron chi connectivity index (χ4n) is 2.24. The van der Waals surface area contributed by atoms with E-state index in [0.29, 0.717) is 5.92 Å². The number of aryl methyl sites for hydroxylation is 1.